The van der Waals surface area contributed by atoms with Crippen LogP contribution in [0.3, 0.4) is 0 Å². The van der Waals surface area contributed by atoms with Gasteiger partial charge in [-0.05, 0) is 43.7 Å². The Kier molecular flexibility index (Phi) is 3.92. The van der Waals surface area contributed by atoms with Crippen molar-refractivity contribution in [2.24, 2.45) is 0 Å². The van der Waals surface area contributed by atoms with Gasteiger partial charge in [0.15, 0.2) is 0 Å². The number of halogens is 1. The molecule has 0 fully saturated rings. The average molecular weight is 311 g/mol. The van der Waals surface area contributed by atoms with Gasteiger partial charge in [0.05, 0.1) is 4.90 Å². The molecule has 0 amide bonds. The molecular formula is C14H15ClN2O2S. The maximum atomic E-state index is 12.3. The van der Waals surface area contributed by atoms with Crippen LogP contribution in [0.1, 0.15) is 11.1 Å². The maximum absolute atomic E-state index is 12.3. The molecule has 2 rings (SSSR count). The van der Waals surface area contributed by atoms with Gasteiger partial charge in [-0.1, -0.05) is 29.3 Å². The van der Waals surface area contributed by atoms with Gasteiger partial charge in [-0.15, -0.1) is 0 Å². The fourth-order valence-electron chi connectivity index (χ4n) is 1.67. The van der Waals surface area contributed by atoms with Crippen molar-refractivity contribution in [2.45, 2.75) is 18.7 Å². The highest BCUT2D eigenvalue weighted by Gasteiger charge is 2.17. The third kappa shape index (κ3) is 3.05. The van der Waals surface area contributed by atoms with Crippen LogP contribution in [0.25, 0.3) is 0 Å². The van der Waals surface area contributed by atoms with Gasteiger partial charge in [0.2, 0.25) is 0 Å². The lowest BCUT2D eigenvalue weighted by atomic mass is 10.2. The minimum absolute atomic E-state index is 0.0474. The average Bonchev–Trinajstić information content (AvgIpc) is 2.38. The van der Waals surface area contributed by atoms with Gasteiger partial charge < -0.3 is 5.73 Å². The van der Waals surface area contributed by atoms with E-state index in [1.54, 1.807) is 19.1 Å². The second-order valence-electron chi connectivity index (χ2n) is 4.59. The van der Waals surface area contributed by atoms with Gasteiger partial charge in [-0.2, -0.15) is 0 Å². The predicted octanol–water partition coefficient (Wildman–Crippen LogP) is 3.34. The van der Waals surface area contributed by atoms with Crippen molar-refractivity contribution in [1.82, 2.24) is 0 Å². The van der Waals surface area contributed by atoms with Crippen LogP contribution in [0.2, 0.25) is 5.02 Å². The Morgan fingerprint density at radius 3 is 2.25 bits per heavy atom. The molecule has 0 radical (unpaired) electrons. The first-order valence-electron chi connectivity index (χ1n) is 5.95. The van der Waals surface area contributed by atoms with Crippen molar-refractivity contribution < 1.29 is 8.42 Å². The molecule has 4 nitrogen and oxygen atoms in total. The number of nitrogens with two attached hydrogens (primary N) is 1. The molecule has 0 unspecified atom stereocenters. The first-order valence-corrected chi connectivity index (χ1v) is 7.81. The van der Waals surface area contributed by atoms with E-state index in [4.69, 9.17) is 17.3 Å². The lowest BCUT2D eigenvalue weighted by Gasteiger charge is -2.11. The smallest absolute Gasteiger partial charge is 0.262 e. The minimum atomic E-state index is -3.70. The molecule has 20 heavy (non-hydrogen) atoms. The van der Waals surface area contributed by atoms with Crippen LogP contribution in [0.4, 0.5) is 11.4 Å². The van der Waals surface area contributed by atoms with Crippen LogP contribution in [0.5, 0.6) is 0 Å². The van der Waals surface area contributed by atoms with Crippen molar-refractivity contribution in [3.63, 3.8) is 0 Å². The minimum Gasteiger partial charge on any atom is -0.398 e. The molecular weight excluding hydrogens is 296 g/mol. The van der Waals surface area contributed by atoms with Crippen LogP contribution < -0.4 is 10.5 Å². The van der Waals surface area contributed by atoms with Gasteiger partial charge >= 0.3 is 0 Å². The highest BCUT2D eigenvalue weighted by atomic mass is 35.5. The normalized spacial score (nSPS) is 11.3. The van der Waals surface area contributed by atoms with Crippen molar-refractivity contribution in [1.29, 1.82) is 0 Å². The molecule has 2 aromatic rings. The summed E-state index contributed by atoms with van der Waals surface area (Å²) in [6.45, 7) is 3.67. The predicted molar refractivity (Wildman–Crippen MR) is 82.6 cm³/mol. The Hall–Kier alpha value is -1.72. The number of nitrogens with one attached hydrogen (secondary N) is 1. The van der Waals surface area contributed by atoms with Crippen LogP contribution in [0.15, 0.2) is 41.3 Å². The number of aryl methyl sites for hydroxylation is 1. The Balaban J connectivity index is 2.38. The first kappa shape index (κ1) is 14.7. The zero-order valence-corrected chi connectivity index (χ0v) is 12.7. The van der Waals surface area contributed by atoms with Crippen molar-refractivity contribution in [3.8, 4) is 0 Å². The number of sulfonamides is 1. The lowest BCUT2D eigenvalue weighted by molar-refractivity contribution is 0.601. The number of anilines is 2. The fourth-order valence-corrected chi connectivity index (χ4v) is 3.08. The number of nitrogen functional groups attached to an aromatic ring is 1. The van der Waals surface area contributed by atoms with Crippen molar-refractivity contribution >= 4 is 33.0 Å². The Morgan fingerprint density at radius 1 is 1.10 bits per heavy atom. The molecule has 0 aliphatic rings. The van der Waals surface area contributed by atoms with E-state index in [1.807, 2.05) is 19.1 Å². The Bertz CT molecular complexity index is 717. The summed E-state index contributed by atoms with van der Waals surface area (Å²) in [5, 5.41) is 0.328. The molecule has 0 bridgehead atoms. The summed E-state index contributed by atoms with van der Waals surface area (Å²) < 4.78 is 27.0. The van der Waals surface area contributed by atoms with E-state index in [-0.39, 0.29) is 4.90 Å². The van der Waals surface area contributed by atoms with Crippen LogP contribution in [-0.2, 0) is 10.0 Å². The maximum Gasteiger partial charge on any atom is 0.262 e. The zero-order valence-electron chi connectivity index (χ0n) is 11.1. The molecule has 6 heteroatoms. The third-order valence-corrected chi connectivity index (χ3v) is 4.73. The summed E-state index contributed by atoms with van der Waals surface area (Å²) in [5.41, 5.74) is 8.31. The van der Waals surface area contributed by atoms with E-state index >= 15 is 0 Å². The number of hydrogen-bond donors (Lipinski definition) is 2. The third-order valence-electron chi connectivity index (χ3n) is 2.97. The molecule has 0 atom stereocenters. The van der Waals surface area contributed by atoms with Crippen LogP contribution >= 0.6 is 11.6 Å². The van der Waals surface area contributed by atoms with Gasteiger partial charge in [0, 0.05) is 16.4 Å². The van der Waals surface area contributed by atoms with Crippen LogP contribution in [0, 0.1) is 13.8 Å². The van der Waals surface area contributed by atoms with Gasteiger partial charge in [-0.3, -0.25) is 4.72 Å². The topological polar surface area (TPSA) is 72.2 Å². The first-order chi connectivity index (χ1) is 9.29. The van der Waals surface area contributed by atoms with Crippen molar-refractivity contribution in [3.05, 3.63) is 52.5 Å². The standard InChI is InChI=1S/C14H15ClN2O2S/c1-9-3-5-11(6-4-9)17-20(18,19)12-7-13(15)10(2)14(16)8-12/h3-8,17H,16H2,1-2H3. The number of hydrogen-bond acceptors (Lipinski definition) is 3. The SMILES string of the molecule is Cc1ccc(NS(=O)(=O)c2cc(N)c(C)c(Cl)c2)cc1. The Morgan fingerprint density at radius 2 is 1.70 bits per heavy atom. The fraction of sp³-hybridized carbons (Fsp3) is 0.143. The quantitative estimate of drug-likeness (QED) is 0.854. The van der Waals surface area contributed by atoms with Crippen molar-refractivity contribution in [2.75, 3.05) is 10.5 Å². The summed E-state index contributed by atoms with van der Waals surface area (Å²) in [5.74, 6) is 0. The van der Waals surface area contributed by atoms with Gasteiger partial charge in [0.25, 0.3) is 10.0 Å². The van der Waals surface area contributed by atoms with E-state index in [9.17, 15) is 8.42 Å². The summed E-state index contributed by atoms with van der Waals surface area (Å²) >= 11 is 5.98. The molecule has 0 heterocycles. The lowest BCUT2D eigenvalue weighted by Crippen LogP contribution is -2.13. The molecule has 0 aliphatic heterocycles. The second kappa shape index (κ2) is 5.34. The van der Waals surface area contributed by atoms with E-state index in [1.165, 1.54) is 12.1 Å². The van der Waals surface area contributed by atoms with Gasteiger partial charge in [-0.25, -0.2) is 8.42 Å². The highest BCUT2D eigenvalue weighted by molar-refractivity contribution is 7.92. The summed E-state index contributed by atoms with van der Waals surface area (Å²) in [4.78, 5) is 0.0474. The molecule has 3 N–H and O–H groups in total. The monoisotopic (exact) mass is 310 g/mol. The Labute approximate surface area is 123 Å². The highest BCUT2D eigenvalue weighted by Crippen LogP contribution is 2.27. The van der Waals surface area contributed by atoms with E-state index < -0.39 is 10.0 Å². The molecule has 0 saturated heterocycles. The molecule has 2 aromatic carbocycles. The van der Waals surface area contributed by atoms with Gasteiger partial charge in [0.1, 0.15) is 0 Å². The summed E-state index contributed by atoms with van der Waals surface area (Å²) in [6.07, 6.45) is 0. The largest absolute Gasteiger partial charge is 0.398 e. The molecule has 0 saturated carbocycles. The van der Waals surface area contributed by atoms with E-state index in [0.717, 1.165) is 5.56 Å². The zero-order chi connectivity index (χ0) is 14.9. The second-order valence-corrected chi connectivity index (χ2v) is 6.68. The number of rotatable bonds is 3. The molecule has 0 spiro atoms. The molecule has 0 aromatic heterocycles. The van der Waals surface area contributed by atoms with E-state index in [0.29, 0.717) is 22.0 Å². The number of benzene rings is 2. The van der Waals surface area contributed by atoms with E-state index in [2.05, 4.69) is 4.72 Å². The molecule has 0 aliphatic carbocycles. The molecule has 106 valence electrons. The summed E-state index contributed by atoms with van der Waals surface area (Å²) in [7, 11) is -3.70. The summed E-state index contributed by atoms with van der Waals surface area (Å²) in [6, 6.07) is 9.85. The van der Waals surface area contributed by atoms with Crippen LogP contribution in [-0.4, -0.2) is 8.42 Å².